The molecule has 0 amide bonds. The molecular weight excluding hydrogens is 254 g/mol. The van der Waals surface area contributed by atoms with Crippen molar-refractivity contribution < 1.29 is 5.11 Å². The lowest BCUT2D eigenvalue weighted by Gasteiger charge is -2.24. The molecule has 0 aromatic heterocycles. The van der Waals surface area contributed by atoms with Gasteiger partial charge >= 0.3 is 0 Å². The molecule has 1 fully saturated rings. The standard InChI is InChI=1S/C13H18ClNOS/c14-11-5-3-10(4-6-11)13(16)8-15-12-2-1-7-17-9-12/h3-6,12-13,15-16H,1-2,7-9H2. The van der Waals surface area contributed by atoms with Crippen LogP contribution in [0.15, 0.2) is 24.3 Å². The van der Waals surface area contributed by atoms with E-state index >= 15 is 0 Å². The second-order valence-corrected chi connectivity index (χ2v) is 5.98. The fourth-order valence-electron chi connectivity index (χ4n) is 1.98. The zero-order valence-electron chi connectivity index (χ0n) is 9.73. The first-order valence-electron chi connectivity index (χ1n) is 6.00. The van der Waals surface area contributed by atoms with Gasteiger partial charge in [0.1, 0.15) is 0 Å². The molecule has 1 aliphatic rings. The Bertz CT molecular complexity index is 338. The van der Waals surface area contributed by atoms with E-state index in [0.717, 1.165) is 11.3 Å². The van der Waals surface area contributed by atoms with E-state index in [4.69, 9.17) is 11.6 Å². The predicted octanol–water partition coefficient (Wildman–Crippen LogP) is 2.86. The fraction of sp³-hybridized carbons (Fsp3) is 0.538. The van der Waals surface area contributed by atoms with Crippen LogP contribution in [0.4, 0.5) is 0 Å². The molecule has 2 atom stereocenters. The first kappa shape index (κ1) is 13.2. The minimum absolute atomic E-state index is 0.445. The van der Waals surface area contributed by atoms with E-state index in [2.05, 4.69) is 5.32 Å². The average Bonchev–Trinajstić information content (AvgIpc) is 2.38. The minimum Gasteiger partial charge on any atom is -0.387 e. The molecule has 0 spiro atoms. The molecule has 0 bridgehead atoms. The second-order valence-electron chi connectivity index (χ2n) is 4.39. The summed E-state index contributed by atoms with van der Waals surface area (Å²) in [7, 11) is 0. The van der Waals surface area contributed by atoms with Crippen molar-refractivity contribution in [2.45, 2.75) is 25.0 Å². The van der Waals surface area contributed by atoms with E-state index in [1.165, 1.54) is 18.6 Å². The third kappa shape index (κ3) is 4.18. The maximum atomic E-state index is 10.0. The molecule has 1 aromatic carbocycles. The van der Waals surface area contributed by atoms with Crippen molar-refractivity contribution in [1.29, 1.82) is 0 Å². The Labute approximate surface area is 112 Å². The van der Waals surface area contributed by atoms with E-state index in [1.54, 1.807) is 0 Å². The highest BCUT2D eigenvalue weighted by atomic mass is 35.5. The smallest absolute Gasteiger partial charge is 0.0914 e. The Morgan fingerprint density at radius 3 is 2.82 bits per heavy atom. The van der Waals surface area contributed by atoms with Crippen LogP contribution in [0.25, 0.3) is 0 Å². The molecule has 17 heavy (non-hydrogen) atoms. The molecule has 94 valence electrons. The Kier molecular flexibility index (Phi) is 5.16. The Morgan fingerprint density at radius 2 is 2.18 bits per heavy atom. The maximum absolute atomic E-state index is 10.0. The number of benzene rings is 1. The lowest BCUT2D eigenvalue weighted by atomic mass is 10.1. The fourth-order valence-corrected chi connectivity index (χ4v) is 3.22. The molecule has 0 aliphatic carbocycles. The first-order valence-corrected chi connectivity index (χ1v) is 7.53. The van der Waals surface area contributed by atoms with Gasteiger partial charge in [-0.2, -0.15) is 11.8 Å². The van der Waals surface area contributed by atoms with Gasteiger partial charge in [-0.15, -0.1) is 0 Å². The molecule has 1 aliphatic heterocycles. The van der Waals surface area contributed by atoms with Gasteiger partial charge in [0.25, 0.3) is 0 Å². The molecule has 2 N–H and O–H groups in total. The van der Waals surface area contributed by atoms with Crippen molar-refractivity contribution in [1.82, 2.24) is 5.32 Å². The Hall–Kier alpha value is -0.220. The lowest BCUT2D eigenvalue weighted by molar-refractivity contribution is 0.170. The summed E-state index contributed by atoms with van der Waals surface area (Å²) in [5.41, 5.74) is 0.922. The predicted molar refractivity (Wildman–Crippen MR) is 74.8 cm³/mol. The summed E-state index contributed by atoms with van der Waals surface area (Å²) in [6.45, 7) is 0.618. The normalized spacial score (nSPS) is 22.4. The van der Waals surface area contributed by atoms with Crippen molar-refractivity contribution in [3.63, 3.8) is 0 Å². The molecule has 1 heterocycles. The summed E-state index contributed by atoms with van der Waals surface area (Å²) >= 11 is 7.81. The second kappa shape index (κ2) is 6.64. The van der Waals surface area contributed by atoms with Crippen LogP contribution >= 0.6 is 23.4 Å². The Balaban J connectivity index is 1.80. The zero-order valence-corrected chi connectivity index (χ0v) is 11.3. The highest BCUT2D eigenvalue weighted by Gasteiger charge is 2.15. The van der Waals surface area contributed by atoms with E-state index in [-0.39, 0.29) is 0 Å². The molecule has 2 nitrogen and oxygen atoms in total. The molecule has 0 saturated carbocycles. The first-order chi connectivity index (χ1) is 8.25. The molecular formula is C13H18ClNOS. The summed E-state index contributed by atoms with van der Waals surface area (Å²) in [6.07, 6.45) is 2.05. The highest BCUT2D eigenvalue weighted by Crippen LogP contribution is 2.19. The SMILES string of the molecule is OC(CNC1CCCSC1)c1ccc(Cl)cc1. The van der Waals surface area contributed by atoms with Crippen LogP contribution in [0.3, 0.4) is 0 Å². The van der Waals surface area contributed by atoms with Crippen LogP contribution in [-0.4, -0.2) is 29.2 Å². The van der Waals surface area contributed by atoms with Crippen molar-refractivity contribution in [2.75, 3.05) is 18.1 Å². The number of halogens is 1. The van der Waals surface area contributed by atoms with Gasteiger partial charge in [0.2, 0.25) is 0 Å². The Morgan fingerprint density at radius 1 is 1.41 bits per heavy atom. The number of thioether (sulfide) groups is 1. The summed E-state index contributed by atoms with van der Waals surface area (Å²) in [5, 5.41) is 14.2. The average molecular weight is 272 g/mol. The number of hydrogen-bond acceptors (Lipinski definition) is 3. The molecule has 2 rings (SSSR count). The number of rotatable bonds is 4. The van der Waals surface area contributed by atoms with Crippen LogP contribution in [0.1, 0.15) is 24.5 Å². The third-order valence-electron chi connectivity index (χ3n) is 3.01. The summed E-state index contributed by atoms with van der Waals surface area (Å²) in [6, 6.07) is 7.94. The number of aliphatic hydroxyl groups excluding tert-OH is 1. The number of aliphatic hydroxyl groups is 1. The third-order valence-corrected chi connectivity index (χ3v) is 4.48. The van der Waals surface area contributed by atoms with Crippen LogP contribution in [-0.2, 0) is 0 Å². The lowest BCUT2D eigenvalue weighted by Crippen LogP contribution is -2.36. The van der Waals surface area contributed by atoms with Crippen molar-refractivity contribution in [3.8, 4) is 0 Å². The molecule has 4 heteroatoms. The van der Waals surface area contributed by atoms with E-state index in [0.29, 0.717) is 17.6 Å². The van der Waals surface area contributed by atoms with Crippen LogP contribution < -0.4 is 5.32 Å². The summed E-state index contributed by atoms with van der Waals surface area (Å²) in [5.74, 6) is 2.44. The van der Waals surface area contributed by atoms with Gasteiger partial charge < -0.3 is 10.4 Å². The van der Waals surface area contributed by atoms with Crippen molar-refractivity contribution in [2.24, 2.45) is 0 Å². The van der Waals surface area contributed by atoms with E-state index in [1.807, 2.05) is 36.0 Å². The van der Waals surface area contributed by atoms with Crippen LogP contribution in [0.5, 0.6) is 0 Å². The van der Waals surface area contributed by atoms with Gasteiger partial charge in [-0.3, -0.25) is 0 Å². The van der Waals surface area contributed by atoms with Gasteiger partial charge in [-0.25, -0.2) is 0 Å². The van der Waals surface area contributed by atoms with Gasteiger partial charge in [-0.1, -0.05) is 23.7 Å². The quantitative estimate of drug-likeness (QED) is 0.883. The van der Waals surface area contributed by atoms with E-state index in [9.17, 15) is 5.11 Å². The maximum Gasteiger partial charge on any atom is 0.0914 e. The van der Waals surface area contributed by atoms with Crippen LogP contribution in [0, 0.1) is 0 Å². The van der Waals surface area contributed by atoms with Gasteiger partial charge in [0, 0.05) is 23.4 Å². The van der Waals surface area contributed by atoms with Gasteiger partial charge in [-0.05, 0) is 36.3 Å². The van der Waals surface area contributed by atoms with Gasteiger partial charge in [0.15, 0.2) is 0 Å². The van der Waals surface area contributed by atoms with Crippen molar-refractivity contribution >= 4 is 23.4 Å². The highest BCUT2D eigenvalue weighted by molar-refractivity contribution is 7.99. The number of nitrogens with one attached hydrogen (secondary N) is 1. The zero-order chi connectivity index (χ0) is 12.1. The monoisotopic (exact) mass is 271 g/mol. The molecule has 1 aromatic rings. The molecule has 1 saturated heterocycles. The minimum atomic E-state index is -0.445. The molecule has 2 unspecified atom stereocenters. The largest absolute Gasteiger partial charge is 0.387 e. The van der Waals surface area contributed by atoms with E-state index < -0.39 is 6.10 Å². The molecule has 0 radical (unpaired) electrons. The topological polar surface area (TPSA) is 32.3 Å². The number of hydrogen-bond donors (Lipinski definition) is 2. The van der Waals surface area contributed by atoms with Gasteiger partial charge in [0.05, 0.1) is 6.10 Å². The summed E-state index contributed by atoms with van der Waals surface area (Å²) in [4.78, 5) is 0. The van der Waals surface area contributed by atoms with Crippen LogP contribution in [0.2, 0.25) is 5.02 Å². The van der Waals surface area contributed by atoms with Crippen molar-refractivity contribution in [3.05, 3.63) is 34.9 Å². The summed E-state index contributed by atoms with van der Waals surface area (Å²) < 4.78 is 0.